The minimum atomic E-state index is 0.597. The minimum absolute atomic E-state index is 0.597. The summed E-state index contributed by atoms with van der Waals surface area (Å²) in [5.41, 5.74) is 7.93. The fraction of sp³-hybridized carbons (Fsp3) is 0. The lowest BCUT2D eigenvalue weighted by atomic mass is 10.1. The Bertz CT molecular complexity index is 628. The van der Waals surface area contributed by atoms with Gasteiger partial charge in [0.15, 0.2) is 0 Å². The highest BCUT2D eigenvalue weighted by molar-refractivity contribution is 5.63. The molecule has 0 aliphatic carbocycles. The molecule has 0 aliphatic heterocycles. The molecule has 78 valence electrons. The first-order chi connectivity index (χ1) is 7.84. The number of nitrogen functional groups attached to an aromatic ring is 1. The number of anilines is 1. The minimum Gasteiger partial charge on any atom is -0.383 e. The molecule has 3 aromatic rings. The van der Waals surface area contributed by atoms with Gasteiger partial charge in [-0.05, 0) is 5.56 Å². The van der Waals surface area contributed by atoms with E-state index >= 15 is 0 Å². The molecule has 0 spiro atoms. The van der Waals surface area contributed by atoms with Crippen molar-refractivity contribution in [2.24, 2.45) is 0 Å². The summed E-state index contributed by atoms with van der Waals surface area (Å²) in [6.07, 6.45) is 5.36. The quantitative estimate of drug-likeness (QED) is 0.668. The molecule has 2 N–H and O–H groups in total. The summed E-state index contributed by atoms with van der Waals surface area (Å²) in [5.74, 6) is 1.22. The fourth-order valence-electron chi connectivity index (χ4n) is 1.67. The lowest BCUT2D eigenvalue weighted by Gasteiger charge is -2.02. The smallest absolute Gasteiger partial charge is 0.235 e. The van der Waals surface area contributed by atoms with Crippen LogP contribution in [0.3, 0.4) is 0 Å². The Labute approximate surface area is 92.4 Å². The van der Waals surface area contributed by atoms with E-state index in [1.807, 2.05) is 36.5 Å². The van der Waals surface area contributed by atoms with Crippen molar-refractivity contribution in [2.75, 3.05) is 5.73 Å². The number of benzene rings is 1. The summed E-state index contributed by atoms with van der Waals surface area (Å²) in [5, 5.41) is 0. The van der Waals surface area contributed by atoms with Crippen molar-refractivity contribution in [1.82, 2.24) is 14.4 Å². The van der Waals surface area contributed by atoms with Crippen LogP contribution < -0.4 is 5.73 Å². The Hall–Kier alpha value is -2.36. The highest BCUT2D eigenvalue weighted by Gasteiger charge is 2.03. The zero-order chi connectivity index (χ0) is 11.0. The topological polar surface area (TPSA) is 56.2 Å². The Kier molecular flexibility index (Phi) is 1.86. The summed E-state index contributed by atoms with van der Waals surface area (Å²) in [6, 6.07) is 10.1. The van der Waals surface area contributed by atoms with Crippen LogP contribution in [0.15, 0.2) is 48.9 Å². The SMILES string of the molecule is Nc1cnc2ncc(-c3ccccc3)cn12. The Morgan fingerprint density at radius 3 is 2.50 bits per heavy atom. The Balaban J connectivity index is 2.22. The van der Waals surface area contributed by atoms with E-state index in [9.17, 15) is 0 Å². The predicted molar refractivity (Wildman–Crippen MR) is 62.8 cm³/mol. The fourth-order valence-corrected chi connectivity index (χ4v) is 1.67. The zero-order valence-electron chi connectivity index (χ0n) is 8.54. The van der Waals surface area contributed by atoms with Crippen LogP contribution in [-0.2, 0) is 0 Å². The van der Waals surface area contributed by atoms with Gasteiger partial charge in [-0.3, -0.25) is 4.40 Å². The second-order valence-corrected chi connectivity index (χ2v) is 3.56. The molecular formula is C12H10N4. The third kappa shape index (κ3) is 1.32. The predicted octanol–water partition coefficient (Wildman–Crippen LogP) is 1.98. The van der Waals surface area contributed by atoms with Crippen LogP contribution in [0.2, 0.25) is 0 Å². The Morgan fingerprint density at radius 2 is 1.69 bits per heavy atom. The summed E-state index contributed by atoms with van der Waals surface area (Å²) < 4.78 is 1.78. The zero-order valence-corrected chi connectivity index (χ0v) is 8.54. The highest BCUT2D eigenvalue weighted by atomic mass is 15.1. The lowest BCUT2D eigenvalue weighted by Crippen LogP contribution is -1.94. The van der Waals surface area contributed by atoms with Crippen LogP contribution in [0.5, 0.6) is 0 Å². The van der Waals surface area contributed by atoms with Gasteiger partial charge in [0.25, 0.3) is 0 Å². The van der Waals surface area contributed by atoms with Gasteiger partial charge in [-0.1, -0.05) is 30.3 Å². The number of imidazole rings is 1. The maximum absolute atomic E-state index is 5.78. The molecule has 0 bridgehead atoms. The van der Waals surface area contributed by atoms with E-state index in [0.29, 0.717) is 11.6 Å². The number of rotatable bonds is 1. The average Bonchev–Trinajstić information content (AvgIpc) is 2.72. The van der Waals surface area contributed by atoms with Crippen molar-refractivity contribution in [3.8, 4) is 11.1 Å². The largest absolute Gasteiger partial charge is 0.383 e. The van der Waals surface area contributed by atoms with Crippen LogP contribution in [0.25, 0.3) is 16.9 Å². The van der Waals surface area contributed by atoms with Gasteiger partial charge in [0.05, 0.1) is 6.20 Å². The van der Waals surface area contributed by atoms with E-state index in [-0.39, 0.29) is 0 Å². The van der Waals surface area contributed by atoms with Gasteiger partial charge < -0.3 is 5.73 Å². The molecule has 0 aliphatic rings. The van der Waals surface area contributed by atoms with Gasteiger partial charge in [0.2, 0.25) is 5.78 Å². The van der Waals surface area contributed by atoms with Gasteiger partial charge in [-0.25, -0.2) is 9.97 Å². The van der Waals surface area contributed by atoms with E-state index in [4.69, 9.17) is 5.73 Å². The van der Waals surface area contributed by atoms with Gasteiger partial charge in [-0.2, -0.15) is 0 Å². The number of fused-ring (bicyclic) bond motifs is 1. The third-order valence-electron chi connectivity index (χ3n) is 2.50. The van der Waals surface area contributed by atoms with E-state index in [0.717, 1.165) is 11.1 Å². The second-order valence-electron chi connectivity index (χ2n) is 3.56. The molecule has 2 heterocycles. The van der Waals surface area contributed by atoms with Crippen LogP contribution in [0, 0.1) is 0 Å². The number of nitrogens with two attached hydrogens (primary N) is 1. The maximum atomic E-state index is 5.78. The van der Waals surface area contributed by atoms with Crippen molar-refractivity contribution < 1.29 is 0 Å². The molecule has 16 heavy (non-hydrogen) atoms. The van der Waals surface area contributed by atoms with Crippen LogP contribution >= 0.6 is 0 Å². The molecule has 4 nitrogen and oxygen atoms in total. The van der Waals surface area contributed by atoms with Crippen LogP contribution in [0.4, 0.5) is 5.82 Å². The molecule has 0 fully saturated rings. The number of aromatic nitrogens is 3. The molecule has 2 aromatic heterocycles. The molecular weight excluding hydrogens is 200 g/mol. The molecule has 3 rings (SSSR count). The first kappa shape index (κ1) is 8.91. The van der Waals surface area contributed by atoms with E-state index in [2.05, 4.69) is 9.97 Å². The Morgan fingerprint density at radius 1 is 0.938 bits per heavy atom. The van der Waals surface area contributed by atoms with Crippen molar-refractivity contribution in [3.05, 3.63) is 48.9 Å². The second kappa shape index (κ2) is 3.34. The van der Waals surface area contributed by atoms with E-state index < -0.39 is 0 Å². The monoisotopic (exact) mass is 210 g/mol. The molecule has 4 heteroatoms. The summed E-state index contributed by atoms with van der Waals surface area (Å²) >= 11 is 0. The highest BCUT2D eigenvalue weighted by Crippen LogP contribution is 2.19. The van der Waals surface area contributed by atoms with Crippen molar-refractivity contribution in [3.63, 3.8) is 0 Å². The maximum Gasteiger partial charge on any atom is 0.235 e. The number of hydrogen-bond acceptors (Lipinski definition) is 3. The molecule has 0 atom stereocenters. The van der Waals surface area contributed by atoms with Crippen molar-refractivity contribution in [2.45, 2.75) is 0 Å². The summed E-state index contributed by atoms with van der Waals surface area (Å²) in [7, 11) is 0. The van der Waals surface area contributed by atoms with Gasteiger partial charge in [-0.15, -0.1) is 0 Å². The van der Waals surface area contributed by atoms with E-state index in [1.54, 1.807) is 16.8 Å². The number of nitrogens with zero attached hydrogens (tertiary/aromatic N) is 3. The lowest BCUT2D eigenvalue weighted by molar-refractivity contribution is 1.12. The van der Waals surface area contributed by atoms with Gasteiger partial charge in [0, 0.05) is 18.0 Å². The molecule has 0 radical (unpaired) electrons. The van der Waals surface area contributed by atoms with Gasteiger partial charge in [0.1, 0.15) is 5.82 Å². The molecule has 1 aromatic carbocycles. The van der Waals surface area contributed by atoms with Gasteiger partial charge >= 0.3 is 0 Å². The summed E-state index contributed by atoms with van der Waals surface area (Å²) in [4.78, 5) is 8.33. The molecule has 0 amide bonds. The van der Waals surface area contributed by atoms with Crippen molar-refractivity contribution >= 4 is 11.6 Å². The molecule has 0 saturated carbocycles. The molecule has 0 unspecified atom stereocenters. The van der Waals surface area contributed by atoms with E-state index in [1.165, 1.54) is 0 Å². The average molecular weight is 210 g/mol. The third-order valence-corrected chi connectivity index (χ3v) is 2.50. The number of hydrogen-bond donors (Lipinski definition) is 1. The first-order valence-corrected chi connectivity index (χ1v) is 4.98. The first-order valence-electron chi connectivity index (χ1n) is 4.98. The van der Waals surface area contributed by atoms with Crippen LogP contribution in [0.1, 0.15) is 0 Å². The standard InChI is InChI=1S/C12H10N4/c13-11-7-15-12-14-6-10(8-16(11)12)9-4-2-1-3-5-9/h1-8H,13H2. The van der Waals surface area contributed by atoms with Crippen molar-refractivity contribution in [1.29, 1.82) is 0 Å². The molecule has 0 saturated heterocycles. The van der Waals surface area contributed by atoms with Crippen LogP contribution in [-0.4, -0.2) is 14.4 Å². The summed E-state index contributed by atoms with van der Waals surface area (Å²) in [6.45, 7) is 0. The normalized spacial score (nSPS) is 10.8.